The SMILES string of the molecule is CNC(=O)c1cnn(-c2ccccc2)c1SC. The maximum atomic E-state index is 11.7. The molecule has 2 aromatic rings. The van der Waals surface area contributed by atoms with Crippen molar-refractivity contribution in [1.82, 2.24) is 15.1 Å². The molecule has 0 aliphatic heterocycles. The maximum Gasteiger partial charge on any atom is 0.255 e. The molecule has 88 valence electrons. The van der Waals surface area contributed by atoms with Crippen LogP contribution in [0, 0.1) is 0 Å². The van der Waals surface area contributed by atoms with Gasteiger partial charge >= 0.3 is 0 Å². The number of rotatable bonds is 3. The summed E-state index contributed by atoms with van der Waals surface area (Å²) in [5, 5.41) is 7.72. The van der Waals surface area contributed by atoms with Crippen LogP contribution in [0.2, 0.25) is 0 Å². The van der Waals surface area contributed by atoms with Gasteiger partial charge in [-0.05, 0) is 18.4 Å². The molecule has 0 radical (unpaired) electrons. The highest BCUT2D eigenvalue weighted by Gasteiger charge is 2.16. The third-order valence-corrected chi connectivity index (χ3v) is 3.17. The number of carbonyl (C=O) groups is 1. The van der Waals surface area contributed by atoms with Gasteiger partial charge in [0.2, 0.25) is 0 Å². The first-order chi connectivity index (χ1) is 8.27. The highest BCUT2D eigenvalue weighted by molar-refractivity contribution is 7.98. The van der Waals surface area contributed by atoms with Crippen LogP contribution < -0.4 is 5.32 Å². The van der Waals surface area contributed by atoms with Gasteiger partial charge < -0.3 is 5.32 Å². The van der Waals surface area contributed by atoms with Crippen LogP contribution in [-0.4, -0.2) is 29.0 Å². The monoisotopic (exact) mass is 247 g/mol. The number of nitrogens with one attached hydrogen (secondary N) is 1. The molecule has 5 heteroatoms. The summed E-state index contributed by atoms with van der Waals surface area (Å²) in [7, 11) is 1.62. The van der Waals surface area contributed by atoms with E-state index in [1.165, 1.54) is 11.8 Å². The highest BCUT2D eigenvalue weighted by Crippen LogP contribution is 2.23. The second-order valence-electron chi connectivity index (χ2n) is 3.39. The van der Waals surface area contributed by atoms with E-state index in [2.05, 4.69) is 10.4 Å². The zero-order valence-corrected chi connectivity index (χ0v) is 10.5. The fourth-order valence-electron chi connectivity index (χ4n) is 1.58. The summed E-state index contributed by atoms with van der Waals surface area (Å²) in [4.78, 5) is 11.7. The maximum absolute atomic E-state index is 11.7. The molecule has 0 spiro atoms. The van der Waals surface area contributed by atoms with Crippen LogP contribution in [0.15, 0.2) is 41.6 Å². The molecule has 0 unspecified atom stereocenters. The van der Waals surface area contributed by atoms with Crippen molar-refractivity contribution in [3.05, 3.63) is 42.1 Å². The average Bonchev–Trinajstić information content (AvgIpc) is 2.82. The summed E-state index contributed by atoms with van der Waals surface area (Å²) in [6.07, 6.45) is 3.53. The zero-order chi connectivity index (χ0) is 12.3. The molecule has 1 N–H and O–H groups in total. The lowest BCUT2D eigenvalue weighted by molar-refractivity contribution is 0.0960. The summed E-state index contributed by atoms with van der Waals surface area (Å²) in [6.45, 7) is 0. The lowest BCUT2D eigenvalue weighted by Gasteiger charge is -2.06. The fourth-order valence-corrected chi connectivity index (χ4v) is 2.27. The van der Waals surface area contributed by atoms with Crippen molar-refractivity contribution in [3.8, 4) is 5.69 Å². The predicted octanol–water partition coefficient (Wildman–Crippen LogP) is 1.95. The van der Waals surface area contributed by atoms with Crippen LogP contribution in [0.5, 0.6) is 0 Å². The second-order valence-corrected chi connectivity index (χ2v) is 4.19. The van der Waals surface area contributed by atoms with Gasteiger partial charge in [0.1, 0.15) is 5.03 Å². The molecule has 17 heavy (non-hydrogen) atoms. The standard InChI is InChI=1S/C12H13N3OS/c1-13-11(16)10-8-14-15(12(10)17-2)9-6-4-3-5-7-9/h3-8H,1-2H3,(H,13,16). The first-order valence-electron chi connectivity index (χ1n) is 5.17. The Labute approximate surface area is 104 Å². The summed E-state index contributed by atoms with van der Waals surface area (Å²) in [6, 6.07) is 9.76. The van der Waals surface area contributed by atoms with E-state index < -0.39 is 0 Å². The third-order valence-electron chi connectivity index (χ3n) is 2.39. The number of nitrogens with zero attached hydrogens (tertiary/aromatic N) is 2. The Morgan fingerprint density at radius 3 is 2.65 bits per heavy atom. The van der Waals surface area contributed by atoms with Crippen LogP contribution in [-0.2, 0) is 0 Å². The summed E-state index contributed by atoms with van der Waals surface area (Å²) >= 11 is 1.51. The van der Waals surface area contributed by atoms with Crippen molar-refractivity contribution in [2.45, 2.75) is 5.03 Å². The van der Waals surface area contributed by atoms with Gasteiger partial charge in [0.05, 0.1) is 17.4 Å². The number of thioether (sulfide) groups is 1. The molecule has 4 nitrogen and oxygen atoms in total. The minimum absolute atomic E-state index is 0.114. The molecule has 0 atom stereocenters. The number of para-hydroxylation sites is 1. The van der Waals surface area contributed by atoms with Crippen molar-refractivity contribution in [2.75, 3.05) is 13.3 Å². The van der Waals surface area contributed by atoms with Crippen LogP contribution in [0.1, 0.15) is 10.4 Å². The van der Waals surface area contributed by atoms with Gasteiger partial charge in [-0.25, -0.2) is 4.68 Å². The third kappa shape index (κ3) is 2.19. The van der Waals surface area contributed by atoms with Crippen LogP contribution in [0.4, 0.5) is 0 Å². The fraction of sp³-hybridized carbons (Fsp3) is 0.167. The van der Waals surface area contributed by atoms with Crippen LogP contribution in [0.25, 0.3) is 5.69 Å². The van der Waals surface area contributed by atoms with E-state index in [0.29, 0.717) is 5.56 Å². The number of carbonyl (C=O) groups excluding carboxylic acids is 1. The van der Waals surface area contributed by atoms with Gasteiger partial charge in [0.15, 0.2) is 0 Å². The molecule has 0 fully saturated rings. The molecule has 0 aliphatic rings. The van der Waals surface area contributed by atoms with Gasteiger partial charge in [0.25, 0.3) is 5.91 Å². The molecule has 0 saturated heterocycles. The quantitative estimate of drug-likeness (QED) is 0.843. The van der Waals surface area contributed by atoms with Gasteiger partial charge in [-0.3, -0.25) is 4.79 Å². The zero-order valence-electron chi connectivity index (χ0n) is 9.68. The molecule has 0 saturated carbocycles. The van der Waals surface area contributed by atoms with E-state index in [-0.39, 0.29) is 5.91 Å². The number of benzene rings is 1. The number of hydrogen-bond acceptors (Lipinski definition) is 3. The van der Waals surface area contributed by atoms with Crippen molar-refractivity contribution >= 4 is 17.7 Å². The highest BCUT2D eigenvalue weighted by atomic mass is 32.2. The predicted molar refractivity (Wildman–Crippen MR) is 68.7 cm³/mol. The Morgan fingerprint density at radius 1 is 1.35 bits per heavy atom. The van der Waals surface area contributed by atoms with Crippen molar-refractivity contribution < 1.29 is 4.79 Å². The molecule has 1 aromatic carbocycles. The van der Waals surface area contributed by atoms with E-state index in [0.717, 1.165) is 10.7 Å². The van der Waals surface area contributed by atoms with Crippen molar-refractivity contribution in [1.29, 1.82) is 0 Å². The minimum Gasteiger partial charge on any atom is -0.355 e. The van der Waals surface area contributed by atoms with Crippen molar-refractivity contribution in [3.63, 3.8) is 0 Å². The largest absolute Gasteiger partial charge is 0.355 e. The number of amides is 1. The normalized spacial score (nSPS) is 10.2. The van der Waals surface area contributed by atoms with Crippen LogP contribution in [0.3, 0.4) is 0 Å². The molecule has 2 rings (SSSR count). The molecule has 0 bridgehead atoms. The Kier molecular flexibility index (Phi) is 3.49. The molecular formula is C12H13N3OS. The van der Waals surface area contributed by atoms with E-state index in [9.17, 15) is 4.79 Å². The van der Waals surface area contributed by atoms with E-state index >= 15 is 0 Å². The Balaban J connectivity index is 2.50. The van der Waals surface area contributed by atoms with E-state index in [4.69, 9.17) is 0 Å². The lowest BCUT2D eigenvalue weighted by Crippen LogP contribution is -2.18. The lowest BCUT2D eigenvalue weighted by atomic mass is 10.3. The summed E-state index contributed by atoms with van der Waals surface area (Å²) in [5.41, 5.74) is 1.55. The van der Waals surface area contributed by atoms with Crippen molar-refractivity contribution in [2.24, 2.45) is 0 Å². The molecule has 0 aliphatic carbocycles. The summed E-state index contributed by atoms with van der Waals surface area (Å²) < 4.78 is 1.77. The molecule has 1 amide bonds. The topological polar surface area (TPSA) is 46.9 Å². The van der Waals surface area contributed by atoms with E-state index in [1.54, 1.807) is 17.9 Å². The second kappa shape index (κ2) is 5.05. The van der Waals surface area contributed by atoms with Gasteiger partial charge in [-0.2, -0.15) is 5.10 Å². The Hall–Kier alpha value is -1.75. The first kappa shape index (κ1) is 11.7. The van der Waals surface area contributed by atoms with Gasteiger partial charge in [-0.15, -0.1) is 11.8 Å². The summed E-state index contributed by atoms with van der Waals surface area (Å²) in [5.74, 6) is -0.114. The molecule has 1 heterocycles. The average molecular weight is 247 g/mol. The van der Waals surface area contributed by atoms with E-state index in [1.807, 2.05) is 36.6 Å². The Morgan fingerprint density at radius 2 is 2.06 bits per heavy atom. The van der Waals surface area contributed by atoms with Gasteiger partial charge in [-0.1, -0.05) is 18.2 Å². The molecule has 1 aromatic heterocycles. The van der Waals surface area contributed by atoms with Gasteiger partial charge in [0, 0.05) is 7.05 Å². The van der Waals surface area contributed by atoms with Crippen LogP contribution >= 0.6 is 11.8 Å². The Bertz CT molecular complexity index is 522. The smallest absolute Gasteiger partial charge is 0.255 e. The number of aromatic nitrogens is 2. The minimum atomic E-state index is -0.114. The first-order valence-corrected chi connectivity index (χ1v) is 6.40. The number of hydrogen-bond donors (Lipinski definition) is 1. The molecular weight excluding hydrogens is 234 g/mol.